The lowest BCUT2D eigenvalue weighted by Gasteiger charge is -2.28. The minimum Gasteiger partial charge on any atom is -0.497 e. The molecule has 0 saturated carbocycles. The lowest BCUT2D eigenvalue weighted by molar-refractivity contribution is -0.396. The van der Waals surface area contributed by atoms with Crippen molar-refractivity contribution in [3.63, 3.8) is 0 Å². The fraction of sp³-hybridized carbons (Fsp3) is 0.290. The van der Waals surface area contributed by atoms with Crippen LogP contribution in [0.5, 0.6) is 11.5 Å². The molecule has 5 aromatic rings. The van der Waals surface area contributed by atoms with Crippen molar-refractivity contribution in [2.45, 2.75) is 39.9 Å². The zero-order valence-electron chi connectivity index (χ0n) is 26.0. The number of hydrogen-bond acceptors (Lipinski definition) is 9. The lowest BCUT2D eigenvalue weighted by atomic mass is 10.1. The van der Waals surface area contributed by atoms with Gasteiger partial charge in [-0.1, -0.05) is 4.98 Å². The molecule has 0 bridgehead atoms. The van der Waals surface area contributed by atoms with E-state index in [0.717, 1.165) is 0 Å². The second kappa shape index (κ2) is 11.8. The van der Waals surface area contributed by atoms with Crippen LogP contribution < -0.4 is 20.1 Å². The van der Waals surface area contributed by atoms with Crippen LogP contribution in [0.25, 0.3) is 16.7 Å². The molecule has 234 valence electrons. The number of pyridine rings is 1. The molecule has 0 unspecified atom stereocenters. The van der Waals surface area contributed by atoms with Crippen LogP contribution in [0, 0.1) is 17.0 Å². The van der Waals surface area contributed by atoms with Crippen molar-refractivity contribution in [3.05, 3.63) is 92.8 Å². The second-order valence-electron chi connectivity index (χ2n) is 11.3. The molecule has 0 saturated heterocycles. The minimum absolute atomic E-state index is 0.0427. The maximum absolute atomic E-state index is 13.7. The van der Waals surface area contributed by atoms with Crippen LogP contribution in [0.3, 0.4) is 0 Å². The van der Waals surface area contributed by atoms with Crippen LogP contribution in [0.4, 0.5) is 22.2 Å². The van der Waals surface area contributed by atoms with Gasteiger partial charge < -0.3 is 24.3 Å². The van der Waals surface area contributed by atoms with Crippen molar-refractivity contribution in [3.8, 4) is 17.2 Å². The number of carbonyl (C=O) groups is 1. The number of carbonyl (C=O) groups excluding carboxylic acids is 1. The van der Waals surface area contributed by atoms with Gasteiger partial charge in [-0.2, -0.15) is 0 Å². The SMILES string of the molecule is COc1ccc(-n2c(=O)n(C)c3cnc(N(C(=O)OC(C)(C)C)c4ccc(OCc5cnc([N+](=O)[O-])n5C)cc4C)cc32)cc1. The molecule has 0 aliphatic rings. The number of rotatable bonds is 8. The zero-order valence-corrected chi connectivity index (χ0v) is 26.0. The Morgan fingerprint density at radius 3 is 2.27 bits per heavy atom. The summed E-state index contributed by atoms with van der Waals surface area (Å²) in [7, 11) is 4.77. The van der Waals surface area contributed by atoms with Crippen molar-refractivity contribution in [1.82, 2.24) is 23.7 Å². The third-order valence-electron chi connectivity index (χ3n) is 7.08. The molecule has 0 aliphatic heterocycles. The molecule has 3 heterocycles. The smallest absolute Gasteiger partial charge is 0.434 e. The largest absolute Gasteiger partial charge is 0.497 e. The summed E-state index contributed by atoms with van der Waals surface area (Å²) in [6.07, 6.45) is 2.27. The van der Waals surface area contributed by atoms with Crippen LogP contribution in [-0.4, -0.2) is 47.4 Å². The number of fused-ring (bicyclic) bond motifs is 1. The molecular formula is C31H33N7O7. The minimum atomic E-state index is -0.806. The van der Waals surface area contributed by atoms with E-state index in [1.807, 2.05) is 6.92 Å². The summed E-state index contributed by atoms with van der Waals surface area (Å²) >= 11 is 0. The molecule has 2 aromatic carbocycles. The van der Waals surface area contributed by atoms with E-state index in [0.29, 0.717) is 45.2 Å². The van der Waals surface area contributed by atoms with Crippen molar-refractivity contribution in [2.75, 3.05) is 12.0 Å². The van der Waals surface area contributed by atoms with E-state index in [9.17, 15) is 19.7 Å². The van der Waals surface area contributed by atoms with Crippen molar-refractivity contribution in [2.24, 2.45) is 14.1 Å². The molecule has 14 nitrogen and oxygen atoms in total. The normalized spacial score (nSPS) is 11.4. The maximum Gasteiger partial charge on any atom is 0.434 e. The van der Waals surface area contributed by atoms with Gasteiger partial charge in [0.05, 0.1) is 42.8 Å². The van der Waals surface area contributed by atoms with Gasteiger partial charge in [-0.3, -0.25) is 9.13 Å². The van der Waals surface area contributed by atoms with Gasteiger partial charge in [0.2, 0.25) is 0 Å². The van der Waals surface area contributed by atoms with Crippen molar-refractivity contribution in [1.29, 1.82) is 0 Å². The first-order valence-electron chi connectivity index (χ1n) is 13.9. The molecule has 1 amide bonds. The maximum atomic E-state index is 13.7. The molecule has 0 spiro atoms. The average Bonchev–Trinajstić information content (AvgIpc) is 3.48. The number of ether oxygens (including phenoxy) is 3. The van der Waals surface area contributed by atoms with Gasteiger partial charge in [0.25, 0.3) is 0 Å². The predicted molar refractivity (Wildman–Crippen MR) is 167 cm³/mol. The number of amides is 1. The lowest BCUT2D eigenvalue weighted by Crippen LogP contribution is -2.34. The van der Waals surface area contributed by atoms with Gasteiger partial charge in [-0.25, -0.2) is 24.0 Å². The third kappa shape index (κ3) is 6.07. The molecule has 45 heavy (non-hydrogen) atoms. The van der Waals surface area contributed by atoms with E-state index >= 15 is 0 Å². The Hall–Kier alpha value is -5.66. The number of imidazole rings is 2. The summed E-state index contributed by atoms with van der Waals surface area (Å²) in [6, 6.07) is 13.9. The van der Waals surface area contributed by atoms with Gasteiger partial charge in [0.15, 0.2) is 5.69 Å². The first-order valence-corrected chi connectivity index (χ1v) is 13.9. The number of anilines is 2. The topological polar surface area (TPSA) is 149 Å². The Kier molecular flexibility index (Phi) is 8.06. The van der Waals surface area contributed by atoms with Gasteiger partial charge >= 0.3 is 17.7 Å². The number of benzene rings is 2. The summed E-state index contributed by atoms with van der Waals surface area (Å²) in [5.74, 6) is 1.08. The van der Waals surface area contributed by atoms with Crippen LogP contribution in [0.1, 0.15) is 32.0 Å². The second-order valence-corrected chi connectivity index (χ2v) is 11.3. The monoisotopic (exact) mass is 615 g/mol. The van der Waals surface area contributed by atoms with Gasteiger partial charge in [-0.15, -0.1) is 0 Å². The molecule has 14 heteroatoms. The van der Waals surface area contributed by atoms with Crippen LogP contribution in [0.15, 0.2) is 65.7 Å². The number of nitrogens with zero attached hydrogens (tertiary/aromatic N) is 7. The quantitative estimate of drug-likeness (QED) is 0.167. The summed E-state index contributed by atoms with van der Waals surface area (Å²) in [5.41, 5.74) is 2.29. The molecule has 0 atom stereocenters. The van der Waals surface area contributed by atoms with Gasteiger partial charge in [0, 0.05) is 13.1 Å². The number of hydrogen-bond donors (Lipinski definition) is 0. The van der Waals surface area contributed by atoms with Gasteiger partial charge in [-0.05, 0) is 80.6 Å². The zero-order chi connectivity index (χ0) is 32.6. The van der Waals surface area contributed by atoms with E-state index in [2.05, 4.69) is 9.97 Å². The number of methoxy groups -OCH3 is 1. The fourth-order valence-electron chi connectivity index (χ4n) is 4.81. The fourth-order valence-corrected chi connectivity index (χ4v) is 4.81. The molecule has 0 radical (unpaired) electrons. The average molecular weight is 616 g/mol. The predicted octanol–water partition coefficient (Wildman–Crippen LogP) is 5.34. The number of aromatic nitrogens is 5. The first-order chi connectivity index (χ1) is 21.3. The Morgan fingerprint density at radius 2 is 1.67 bits per heavy atom. The van der Waals surface area contributed by atoms with E-state index in [1.54, 1.807) is 101 Å². The van der Waals surface area contributed by atoms with E-state index in [1.165, 1.54) is 20.2 Å². The van der Waals surface area contributed by atoms with Crippen LogP contribution in [-0.2, 0) is 25.4 Å². The molecule has 3 aromatic heterocycles. The number of aryl methyl sites for hydroxylation is 2. The van der Waals surface area contributed by atoms with Gasteiger partial charge in [0.1, 0.15) is 35.7 Å². The summed E-state index contributed by atoms with van der Waals surface area (Å²) in [4.78, 5) is 47.4. The Balaban J connectivity index is 1.55. The van der Waals surface area contributed by atoms with Crippen LogP contribution in [0.2, 0.25) is 0 Å². The summed E-state index contributed by atoms with van der Waals surface area (Å²) < 4.78 is 21.3. The molecule has 5 rings (SSSR count). The Morgan fingerprint density at radius 1 is 0.978 bits per heavy atom. The highest BCUT2D eigenvalue weighted by molar-refractivity contribution is 5.97. The van der Waals surface area contributed by atoms with E-state index < -0.39 is 16.6 Å². The third-order valence-corrected chi connectivity index (χ3v) is 7.08. The van der Waals surface area contributed by atoms with Crippen molar-refractivity contribution < 1.29 is 23.9 Å². The number of nitro groups is 1. The van der Waals surface area contributed by atoms with Crippen molar-refractivity contribution >= 4 is 34.6 Å². The summed E-state index contributed by atoms with van der Waals surface area (Å²) in [5, 5.41) is 11.1. The molecule has 0 N–H and O–H groups in total. The molecular weight excluding hydrogens is 582 g/mol. The first kappa shape index (κ1) is 30.8. The Labute approximate surface area is 258 Å². The summed E-state index contributed by atoms with van der Waals surface area (Å²) in [6.45, 7) is 7.16. The van der Waals surface area contributed by atoms with Crippen LogP contribution >= 0.6 is 0 Å². The highest BCUT2D eigenvalue weighted by atomic mass is 16.6. The van der Waals surface area contributed by atoms with E-state index in [-0.39, 0.29) is 24.1 Å². The molecule has 0 aliphatic carbocycles. The standard InChI is InChI=1S/C31H33N7O7/c1-19-14-23(44-18-21-16-33-28(34(21)5)38(41)42)12-13-24(19)37(30(40)45-31(2,3)4)27-15-25-26(17-32-27)35(6)29(39)36(25)20-8-10-22(43-7)11-9-20/h8-17H,18H2,1-7H3. The molecule has 0 fully saturated rings. The highest BCUT2D eigenvalue weighted by Gasteiger charge is 2.28. The Bertz CT molecular complexity index is 1970. The highest BCUT2D eigenvalue weighted by Crippen LogP contribution is 2.33. The van der Waals surface area contributed by atoms with E-state index in [4.69, 9.17) is 14.2 Å².